The lowest BCUT2D eigenvalue weighted by atomic mass is 10.5. The summed E-state index contributed by atoms with van der Waals surface area (Å²) in [6.07, 6.45) is 1.58. The van der Waals surface area contributed by atoms with Gasteiger partial charge in [-0.15, -0.1) is 21.5 Å². The summed E-state index contributed by atoms with van der Waals surface area (Å²) in [5, 5.41) is 15.1. The van der Waals surface area contributed by atoms with E-state index in [-0.39, 0.29) is 0 Å². The van der Waals surface area contributed by atoms with E-state index >= 15 is 0 Å². The average Bonchev–Trinajstić information content (AvgIpc) is 3.09. The zero-order chi connectivity index (χ0) is 13.8. The molecule has 104 valence electrons. The molecule has 0 saturated carbocycles. The molecule has 0 aromatic carbocycles. The summed E-state index contributed by atoms with van der Waals surface area (Å²) in [5.74, 6) is 0. The number of ether oxygens (including phenoxy) is 1. The fourth-order valence-electron chi connectivity index (χ4n) is 1.50. The van der Waals surface area contributed by atoms with Crippen molar-refractivity contribution in [2.24, 2.45) is 0 Å². The minimum atomic E-state index is 0.643. The van der Waals surface area contributed by atoms with Crippen molar-refractivity contribution in [3.05, 3.63) is 17.8 Å². The second-order valence-electron chi connectivity index (χ2n) is 3.71. The SMILES string of the molecule is COCCNc1nnc(Sc2ncnc3ccsc23)s1. The number of nitrogens with zero attached hydrogens (tertiary/aromatic N) is 4. The van der Waals surface area contributed by atoms with E-state index in [4.69, 9.17) is 4.74 Å². The Bertz CT molecular complexity index is 698. The molecule has 0 aliphatic carbocycles. The fraction of sp³-hybridized carbons (Fsp3) is 0.273. The number of fused-ring (bicyclic) bond motifs is 1. The molecule has 1 N–H and O–H groups in total. The van der Waals surface area contributed by atoms with Crippen molar-refractivity contribution in [3.63, 3.8) is 0 Å². The van der Waals surface area contributed by atoms with Gasteiger partial charge in [0, 0.05) is 13.7 Å². The molecule has 0 aliphatic heterocycles. The van der Waals surface area contributed by atoms with E-state index in [2.05, 4.69) is 25.5 Å². The highest BCUT2D eigenvalue weighted by molar-refractivity contribution is 8.01. The largest absolute Gasteiger partial charge is 0.383 e. The standard InChI is InChI=1S/C11H11N5OS3/c1-17-4-3-12-10-15-16-11(20-10)19-9-8-7(2-5-18-8)13-6-14-9/h2,5-6H,3-4H2,1H3,(H,12,15). The molecule has 9 heteroatoms. The van der Waals surface area contributed by atoms with Gasteiger partial charge in [-0.3, -0.25) is 0 Å². The third-order valence-corrected chi connectivity index (χ3v) is 5.36. The number of methoxy groups -OCH3 is 1. The monoisotopic (exact) mass is 325 g/mol. The third-order valence-electron chi connectivity index (χ3n) is 2.38. The molecule has 3 rings (SSSR count). The minimum Gasteiger partial charge on any atom is -0.383 e. The number of hydrogen-bond donors (Lipinski definition) is 1. The van der Waals surface area contributed by atoms with Gasteiger partial charge in [0.05, 0.1) is 16.8 Å². The van der Waals surface area contributed by atoms with Crippen LogP contribution in [0.15, 0.2) is 27.1 Å². The Kier molecular flexibility index (Phi) is 4.41. The smallest absolute Gasteiger partial charge is 0.206 e. The first kappa shape index (κ1) is 13.7. The van der Waals surface area contributed by atoms with E-state index in [9.17, 15) is 0 Å². The van der Waals surface area contributed by atoms with Gasteiger partial charge in [-0.1, -0.05) is 11.3 Å². The molecule has 20 heavy (non-hydrogen) atoms. The highest BCUT2D eigenvalue weighted by Gasteiger charge is 2.10. The van der Waals surface area contributed by atoms with Crippen LogP contribution in [0.25, 0.3) is 10.2 Å². The number of rotatable bonds is 6. The van der Waals surface area contributed by atoms with Gasteiger partial charge in [0.1, 0.15) is 11.4 Å². The predicted molar refractivity (Wildman–Crippen MR) is 81.8 cm³/mol. The van der Waals surface area contributed by atoms with Crippen molar-refractivity contribution in [2.45, 2.75) is 9.37 Å². The van der Waals surface area contributed by atoms with Crippen LogP contribution in [0.2, 0.25) is 0 Å². The van der Waals surface area contributed by atoms with E-state index in [1.54, 1.807) is 24.8 Å². The number of nitrogens with one attached hydrogen (secondary N) is 1. The van der Waals surface area contributed by atoms with Gasteiger partial charge < -0.3 is 10.1 Å². The summed E-state index contributed by atoms with van der Waals surface area (Å²) in [6.45, 7) is 1.36. The molecule has 0 spiro atoms. The Morgan fingerprint density at radius 2 is 2.30 bits per heavy atom. The lowest BCUT2D eigenvalue weighted by molar-refractivity contribution is 0.211. The Hall–Kier alpha value is -1.29. The summed E-state index contributed by atoms with van der Waals surface area (Å²) in [4.78, 5) is 8.55. The lowest BCUT2D eigenvalue weighted by Gasteiger charge is -1.99. The maximum atomic E-state index is 4.98. The molecule has 0 unspecified atom stereocenters. The summed E-state index contributed by atoms with van der Waals surface area (Å²) in [5.41, 5.74) is 0.968. The highest BCUT2D eigenvalue weighted by atomic mass is 32.2. The maximum Gasteiger partial charge on any atom is 0.206 e. The first-order chi connectivity index (χ1) is 9.86. The third kappa shape index (κ3) is 3.06. The summed E-state index contributed by atoms with van der Waals surface area (Å²) < 4.78 is 6.92. The number of aromatic nitrogens is 4. The van der Waals surface area contributed by atoms with Crippen LogP contribution < -0.4 is 5.32 Å². The molecular formula is C11H11N5OS3. The van der Waals surface area contributed by atoms with Gasteiger partial charge in [-0.2, -0.15) is 0 Å². The Morgan fingerprint density at radius 1 is 1.35 bits per heavy atom. The molecule has 0 saturated heterocycles. The second-order valence-corrected chi connectivity index (χ2v) is 6.84. The lowest BCUT2D eigenvalue weighted by Crippen LogP contribution is -2.06. The van der Waals surface area contributed by atoms with E-state index in [0.717, 1.165) is 31.3 Å². The molecule has 0 aliphatic rings. The van der Waals surface area contributed by atoms with Crippen molar-refractivity contribution >= 4 is 49.8 Å². The molecule has 0 amide bonds. The minimum absolute atomic E-state index is 0.643. The van der Waals surface area contributed by atoms with Crippen LogP contribution in [0.4, 0.5) is 5.13 Å². The van der Waals surface area contributed by atoms with Gasteiger partial charge in [-0.25, -0.2) is 9.97 Å². The molecule has 0 atom stereocenters. The predicted octanol–water partition coefficient (Wildman–Crippen LogP) is 2.75. The number of thiophene rings is 1. The van der Waals surface area contributed by atoms with E-state index in [0.29, 0.717) is 6.61 Å². The van der Waals surface area contributed by atoms with Crippen molar-refractivity contribution in [1.29, 1.82) is 0 Å². The van der Waals surface area contributed by atoms with E-state index < -0.39 is 0 Å². The quantitative estimate of drug-likeness (QED) is 0.552. The molecule has 0 fully saturated rings. The van der Waals surface area contributed by atoms with Crippen molar-refractivity contribution in [1.82, 2.24) is 20.2 Å². The van der Waals surface area contributed by atoms with Gasteiger partial charge in [0.15, 0.2) is 4.34 Å². The van der Waals surface area contributed by atoms with Crippen LogP contribution in [0.3, 0.4) is 0 Å². The highest BCUT2D eigenvalue weighted by Crippen LogP contribution is 2.35. The van der Waals surface area contributed by atoms with Crippen molar-refractivity contribution in [3.8, 4) is 0 Å². The van der Waals surface area contributed by atoms with Crippen LogP contribution in [-0.4, -0.2) is 40.4 Å². The molecule has 0 bridgehead atoms. The van der Waals surface area contributed by atoms with E-state index in [1.165, 1.54) is 23.1 Å². The van der Waals surface area contributed by atoms with Crippen LogP contribution in [-0.2, 0) is 4.74 Å². The first-order valence-corrected chi connectivity index (χ1v) is 8.30. The molecule has 0 radical (unpaired) electrons. The van der Waals surface area contributed by atoms with Crippen LogP contribution >= 0.6 is 34.4 Å². The van der Waals surface area contributed by atoms with Crippen LogP contribution in [0.1, 0.15) is 0 Å². The Morgan fingerprint density at radius 3 is 3.20 bits per heavy atom. The first-order valence-electron chi connectivity index (χ1n) is 5.79. The van der Waals surface area contributed by atoms with Gasteiger partial charge in [0.25, 0.3) is 0 Å². The van der Waals surface area contributed by atoms with Gasteiger partial charge >= 0.3 is 0 Å². The molecule has 3 aromatic heterocycles. The van der Waals surface area contributed by atoms with Crippen LogP contribution in [0.5, 0.6) is 0 Å². The van der Waals surface area contributed by atoms with Crippen molar-refractivity contribution in [2.75, 3.05) is 25.6 Å². The Labute approximate surface area is 127 Å². The normalized spacial score (nSPS) is 11.1. The summed E-state index contributed by atoms with van der Waals surface area (Å²) >= 11 is 4.66. The molecule has 3 heterocycles. The zero-order valence-corrected chi connectivity index (χ0v) is 13.0. The maximum absolute atomic E-state index is 4.98. The summed E-state index contributed by atoms with van der Waals surface area (Å²) in [6, 6.07) is 1.99. The summed E-state index contributed by atoms with van der Waals surface area (Å²) in [7, 11) is 1.67. The molecular weight excluding hydrogens is 314 g/mol. The molecule has 3 aromatic rings. The molecule has 6 nitrogen and oxygen atoms in total. The van der Waals surface area contributed by atoms with E-state index in [1.807, 2.05) is 11.4 Å². The topological polar surface area (TPSA) is 72.8 Å². The average molecular weight is 325 g/mol. The van der Waals surface area contributed by atoms with Gasteiger partial charge in [0.2, 0.25) is 5.13 Å². The number of hydrogen-bond acceptors (Lipinski definition) is 9. The second kappa shape index (κ2) is 6.44. The Balaban J connectivity index is 1.73. The van der Waals surface area contributed by atoms with Gasteiger partial charge in [-0.05, 0) is 23.2 Å². The number of anilines is 1. The van der Waals surface area contributed by atoms with Crippen LogP contribution in [0, 0.1) is 0 Å². The zero-order valence-electron chi connectivity index (χ0n) is 10.6. The van der Waals surface area contributed by atoms with Crippen molar-refractivity contribution < 1.29 is 4.74 Å². The fourth-order valence-corrected chi connectivity index (χ4v) is 4.19.